The van der Waals surface area contributed by atoms with E-state index in [4.69, 9.17) is 24.8 Å². The molecule has 1 rings (SSSR count). The quantitative estimate of drug-likeness (QED) is 0.255. The Bertz CT molecular complexity index is 261. The molecule has 0 spiro atoms. The molecule has 1 fully saturated rings. The molecule has 7 atom stereocenters. The minimum absolute atomic E-state index is 0.468. The predicted octanol–water partition coefficient (Wildman–Crippen LogP) is -4.48. The van der Waals surface area contributed by atoms with Gasteiger partial charge in [0.25, 0.3) is 0 Å². The van der Waals surface area contributed by atoms with E-state index in [1.807, 2.05) is 0 Å². The molecular weight excluding hydrogens is 264 g/mol. The monoisotopic (exact) mass is 284 g/mol. The van der Waals surface area contributed by atoms with Crippen molar-refractivity contribution in [1.29, 1.82) is 0 Å². The van der Waals surface area contributed by atoms with Gasteiger partial charge >= 0.3 is 0 Å². The maximum atomic E-state index is 9.59. The van der Waals surface area contributed by atoms with Crippen LogP contribution in [0.25, 0.3) is 0 Å². The zero-order valence-electron chi connectivity index (χ0n) is 10.1. The molecule has 0 unspecified atom stereocenters. The summed E-state index contributed by atoms with van der Waals surface area (Å²) in [5, 5.41) is 64.5. The van der Waals surface area contributed by atoms with Crippen molar-refractivity contribution >= 4 is 0 Å². The van der Waals surface area contributed by atoms with E-state index in [1.54, 1.807) is 0 Å². The zero-order chi connectivity index (χ0) is 14.6. The molecule has 0 aliphatic carbocycles. The van der Waals surface area contributed by atoms with Crippen LogP contribution in [-0.4, -0.2) is 98.5 Å². The molecule has 0 saturated carbocycles. The first-order valence-corrected chi connectivity index (χ1v) is 5.81. The van der Waals surface area contributed by atoms with Crippen molar-refractivity contribution in [2.75, 3.05) is 19.8 Å². The molecule has 9 nitrogen and oxygen atoms in total. The molecule has 9 heteroatoms. The average Bonchev–Trinajstić information content (AvgIpc) is 2.42. The topological polar surface area (TPSA) is 160 Å². The lowest BCUT2D eigenvalue weighted by atomic mass is 9.99. The number of ether oxygens (including phenoxy) is 2. The standard InChI is InChI=1S/C10H20O9/c11-1-4(13)5(14)3-18-10-9(17)8(16)7(15)6(2-12)19-10/h4-17H,1-3H2/t4-,5+,6-,7+,8+,9-,10-/m1/s1. The van der Waals surface area contributed by atoms with Crippen LogP contribution in [0.2, 0.25) is 0 Å². The van der Waals surface area contributed by atoms with Gasteiger partial charge in [-0.3, -0.25) is 0 Å². The van der Waals surface area contributed by atoms with Crippen molar-refractivity contribution in [1.82, 2.24) is 0 Å². The minimum Gasteiger partial charge on any atom is -0.394 e. The van der Waals surface area contributed by atoms with Gasteiger partial charge in [-0.2, -0.15) is 0 Å². The Morgan fingerprint density at radius 1 is 0.947 bits per heavy atom. The number of hydrogen-bond donors (Lipinski definition) is 7. The molecule has 0 amide bonds. The van der Waals surface area contributed by atoms with E-state index in [-0.39, 0.29) is 0 Å². The lowest BCUT2D eigenvalue weighted by Crippen LogP contribution is -2.59. The third kappa shape index (κ3) is 4.05. The summed E-state index contributed by atoms with van der Waals surface area (Å²) < 4.78 is 9.96. The number of aliphatic hydroxyl groups is 7. The third-order valence-corrected chi connectivity index (χ3v) is 2.91. The summed E-state index contributed by atoms with van der Waals surface area (Å²) in [6.07, 6.45) is -9.94. The number of hydrogen-bond acceptors (Lipinski definition) is 9. The predicted molar refractivity (Wildman–Crippen MR) is 58.8 cm³/mol. The van der Waals surface area contributed by atoms with Crippen LogP contribution in [0.3, 0.4) is 0 Å². The van der Waals surface area contributed by atoms with Gasteiger partial charge in [0, 0.05) is 0 Å². The highest BCUT2D eigenvalue weighted by atomic mass is 16.7. The van der Waals surface area contributed by atoms with E-state index in [1.165, 1.54) is 0 Å². The minimum atomic E-state index is -1.57. The molecule has 0 aromatic rings. The summed E-state index contributed by atoms with van der Waals surface area (Å²) in [6, 6.07) is 0. The smallest absolute Gasteiger partial charge is 0.186 e. The molecule has 19 heavy (non-hydrogen) atoms. The summed E-state index contributed by atoms with van der Waals surface area (Å²) in [6.45, 7) is -1.73. The van der Waals surface area contributed by atoms with Crippen LogP contribution in [0.4, 0.5) is 0 Å². The molecule has 0 radical (unpaired) electrons. The van der Waals surface area contributed by atoms with Crippen molar-refractivity contribution in [2.24, 2.45) is 0 Å². The van der Waals surface area contributed by atoms with Crippen LogP contribution in [0.5, 0.6) is 0 Å². The molecule has 7 N–H and O–H groups in total. The summed E-state index contributed by atoms with van der Waals surface area (Å²) in [7, 11) is 0. The van der Waals surface area contributed by atoms with Gasteiger partial charge in [-0.05, 0) is 0 Å². The van der Waals surface area contributed by atoms with Crippen LogP contribution in [0, 0.1) is 0 Å². The number of aliphatic hydroxyl groups excluding tert-OH is 7. The van der Waals surface area contributed by atoms with Gasteiger partial charge in [-0.15, -0.1) is 0 Å². The molecule has 1 aliphatic rings. The van der Waals surface area contributed by atoms with Gasteiger partial charge in [-0.1, -0.05) is 0 Å². The van der Waals surface area contributed by atoms with Gasteiger partial charge in [0.1, 0.15) is 36.6 Å². The van der Waals surface area contributed by atoms with Crippen molar-refractivity contribution in [3.8, 4) is 0 Å². The Labute approximate surface area is 109 Å². The van der Waals surface area contributed by atoms with Gasteiger partial charge in [0.2, 0.25) is 0 Å². The van der Waals surface area contributed by atoms with E-state index in [0.29, 0.717) is 0 Å². The van der Waals surface area contributed by atoms with Gasteiger partial charge in [0.15, 0.2) is 6.29 Å². The van der Waals surface area contributed by atoms with Crippen LogP contribution >= 0.6 is 0 Å². The van der Waals surface area contributed by atoms with E-state index in [0.717, 1.165) is 0 Å². The zero-order valence-corrected chi connectivity index (χ0v) is 10.1. The Hall–Kier alpha value is -0.360. The van der Waals surface area contributed by atoms with Crippen LogP contribution in [0.1, 0.15) is 0 Å². The normalized spacial score (nSPS) is 39.0. The fraction of sp³-hybridized carbons (Fsp3) is 1.00. The van der Waals surface area contributed by atoms with E-state index < -0.39 is 62.7 Å². The van der Waals surface area contributed by atoms with Gasteiger partial charge < -0.3 is 45.2 Å². The van der Waals surface area contributed by atoms with Crippen molar-refractivity contribution in [3.05, 3.63) is 0 Å². The highest BCUT2D eigenvalue weighted by Crippen LogP contribution is 2.22. The largest absolute Gasteiger partial charge is 0.394 e. The van der Waals surface area contributed by atoms with Crippen molar-refractivity contribution in [2.45, 2.75) is 42.9 Å². The fourth-order valence-corrected chi connectivity index (χ4v) is 1.63. The van der Waals surface area contributed by atoms with Crippen LogP contribution < -0.4 is 0 Å². The fourth-order valence-electron chi connectivity index (χ4n) is 1.63. The summed E-state index contributed by atoms with van der Waals surface area (Å²) in [5.41, 5.74) is 0. The second-order valence-electron chi connectivity index (χ2n) is 4.35. The van der Waals surface area contributed by atoms with E-state index >= 15 is 0 Å². The first kappa shape index (κ1) is 16.7. The summed E-state index contributed by atoms with van der Waals surface area (Å²) >= 11 is 0. The van der Waals surface area contributed by atoms with Gasteiger partial charge in [0.05, 0.1) is 19.8 Å². The van der Waals surface area contributed by atoms with Crippen molar-refractivity contribution < 1.29 is 45.2 Å². The second kappa shape index (κ2) is 7.43. The van der Waals surface area contributed by atoms with Crippen LogP contribution in [0.15, 0.2) is 0 Å². The Kier molecular flexibility index (Phi) is 6.53. The Morgan fingerprint density at radius 3 is 2.11 bits per heavy atom. The van der Waals surface area contributed by atoms with Crippen molar-refractivity contribution in [3.63, 3.8) is 0 Å². The van der Waals surface area contributed by atoms with E-state index in [9.17, 15) is 20.4 Å². The maximum Gasteiger partial charge on any atom is 0.186 e. The van der Waals surface area contributed by atoms with Crippen LogP contribution in [-0.2, 0) is 9.47 Å². The molecule has 1 aliphatic heterocycles. The molecule has 114 valence electrons. The SMILES string of the molecule is OC[C@@H](O)[C@@H](O)CO[C@@H]1O[C@H](CO)[C@H](O)[C@H](O)[C@H]1O. The summed E-state index contributed by atoms with van der Waals surface area (Å²) in [5.74, 6) is 0. The highest BCUT2D eigenvalue weighted by Gasteiger charge is 2.44. The molecule has 0 bridgehead atoms. The second-order valence-corrected chi connectivity index (χ2v) is 4.35. The third-order valence-electron chi connectivity index (χ3n) is 2.91. The highest BCUT2D eigenvalue weighted by molar-refractivity contribution is 4.89. The average molecular weight is 284 g/mol. The van der Waals surface area contributed by atoms with E-state index in [2.05, 4.69) is 0 Å². The lowest BCUT2D eigenvalue weighted by molar-refractivity contribution is -0.306. The Morgan fingerprint density at radius 2 is 1.58 bits per heavy atom. The number of rotatable bonds is 6. The molecule has 0 aromatic heterocycles. The molecule has 1 saturated heterocycles. The van der Waals surface area contributed by atoms with Gasteiger partial charge in [-0.25, -0.2) is 0 Å². The molecule has 0 aromatic carbocycles. The first-order valence-electron chi connectivity index (χ1n) is 5.81. The maximum absolute atomic E-state index is 9.59. The lowest BCUT2D eigenvalue weighted by Gasteiger charge is -2.39. The summed E-state index contributed by atoms with van der Waals surface area (Å²) in [4.78, 5) is 0. The Balaban J connectivity index is 2.52. The molecule has 1 heterocycles. The first-order chi connectivity index (χ1) is 8.92. The molecular formula is C10H20O9.